The number of hydrogen-bond acceptors (Lipinski definition) is 1. The maximum absolute atomic E-state index is 8.92. The molecule has 0 N–H and O–H groups in total. The molecule has 0 bridgehead atoms. The molecule has 0 fully saturated rings. The van der Waals surface area contributed by atoms with Crippen LogP contribution in [0.3, 0.4) is 0 Å². The van der Waals surface area contributed by atoms with Gasteiger partial charge in [-0.25, -0.2) is 6.29 Å². The van der Waals surface area contributed by atoms with Crippen LogP contribution in [0.1, 0.15) is 0 Å². The van der Waals surface area contributed by atoms with Gasteiger partial charge in [-0.3, -0.25) is 0 Å². The zero-order valence-electron chi connectivity index (χ0n) is 2.49. The van der Waals surface area contributed by atoms with Gasteiger partial charge in [-0.15, -0.1) is 0 Å². The summed E-state index contributed by atoms with van der Waals surface area (Å²) in [7, 11) is 0. The Morgan fingerprint density at radius 3 is 2.00 bits per heavy atom. The molecule has 0 amide bonds. The normalized spacial score (nSPS) is 5.00. The minimum atomic E-state index is -0.0139. The van der Waals surface area contributed by atoms with Crippen LogP contribution in [-0.2, 0) is 4.79 Å². The maximum atomic E-state index is 8.92. The Bertz CT molecular complexity index is 23.6. The molecule has 0 aromatic rings. The molecule has 28 valence electrons. The average Bonchev–Trinajstić information content (AvgIpc) is 1.37. The minimum Gasteiger partial charge on any atom is -0.541 e. The maximum Gasteiger partial charge on any atom is 0 e. The van der Waals surface area contributed by atoms with Crippen LogP contribution >= 0.6 is 11.6 Å². The average molecular weight is 316 g/mol. The first-order valence-corrected chi connectivity index (χ1v) is 1.36. The molecule has 5 heavy (non-hydrogen) atoms. The van der Waals surface area contributed by atoms with Crippen molar-refractivity contribution < 1.29 is 35.9 Å². The van der Waals surface area contributed by atoms with Gasteiger partial charge < -0.3 is 4.79 Å². The van der Waals surface area contributed by atoms with Gasteiger partial charge >= 0.3 is 0 Å². The molecule has 0 aliphatic rings. The van der Waals surface area contributed by atoms with E-state index in [2.05, 4.69) is 0 Å². The summed E-state index contributed by atoms with van der Waals surface area (Å²) in [4.78, 5) is 8.92. The summed E-state index contributed by atoms with van der Waals surface area (Å²) in [5, 5.41) is 0. The third-order valence-electron chi connectivity index (χ3n) is 0.0546. The zero-order valence-corrected chi connectivity index (χ0v) is 7.41. The van der Waals surface area contributed by atoms with E-state index in [9.17, 15) is 0 Å². The molecule has 0 aromatic heterocycles. The second-order valence-corrected chi connectivity index (χ2v) is 0.545. The monoisotopic (exact) mass is 315 g/mol. The fraction of sp³-hybridized carbons (Fsp3) is 0.500. The van der Waals surface area contributed by atoms with Gasteiger partial charge in [0.1, 0.15) is 0 Å². The Kier molecular flexibility index (Phi) is 16.7. The largest absolute Gasteiger partial charge is 0.541 e. The van der Waals surface area contributed by atoms with Crippen LogP contribution in [0.4, 0.5) is 0 Å². The summed E-state index contributed by atoms with van der Waals surface area (Å²) < 4.78 is 0. The minimum absolute atomic E-state index is 0. The van der Waals surface area contributed by atoms with Crippen molar-refractivity contribution in [1.82, 2.24) is 0 Å². The standard InChI is InChI=1S/C2H2ClO.U/c3-1-2-4;/h1H2;/q-1;. The van der Waals surface area contributed by atoms with Crippen molar-refractivity contribution in [2.24, 2.45) is 0 Å². The predicted octanol–water partition coefficient (Wildman–Crippen LogP) is 0.335. The topological polar surface area (TPSA) is 17.1 Å². The molecular weight excluding hydrogens is 314 g/mol. The Balaban J connectivity index is 0. The first kappa shape index (κ1) is 9.38. The molecule has 0 heterocycles. The molecule has 0 unspecified atom stereocenters. The van der Waals surface area contributed by atoms with Crippen LogP contribution < -0.4 is 0 Å². The van der Waals surface area contributed by atoms with Crippen molar-refractivity contribution in [3.8, 4) is 0 Å². The van der Waals surface area contributed by atoms with Crippen molar-refractivity contribution >= 4 is 17.9 Å². The van der Waals surface area contributed by atoms with E-state index in [1.165, 1.54) is 6.29 Å². The second-order valence-electron chi connectivity index (χ2n) is 0.278. The van der Waals surface area contributed by atoms with E-state index in [4.69, 9.17) is 16.4 Å². The SMILES string of the molecule is O=[C-]CCl.[U]. The van der Waals surface area contributed by atoms with Gasteiger partial charge in [-0.2, -0.15) is 11.6 Å². The summed E-state index contributed by atoms with van der Waals surface area (Å²) >= 11 is 4.76. The fourth-order valence-electron chi connectivity index (χ4n) is 0. The third kappa shape index (κ3) is 11.2. The summed E-state index contributed by atoms with van der Waals surface area (Å²) in [6, 6.07) is 0. The van der Waals surface area contributed by atoms with E-state index in [1.807, 2.05) is 0 Å². The summed E-state index contributed by atoms with van der Waals surface area (Å²) in [6.45, 7) is 0. The van der Waals surface area contributed by atoms with Crippen LogP contribution in [-0.4, -0.2) is 12.2 Å². The molecule has 0 aliphatic heterocycles. The third-order valence-corrected chi connectivity index (χ3v) is 0.164. The molecule has 3 heteroatoms. The molecule has 0 aromatic carbocycles. The van der Waals surface area contributed by atoms with E-state index < -0.39 is 0 Å². The molecule has 0 radical (unpaired) electrons. The zero-order chi connectivity index (χ0) is 3.41. The second kappa shape index (κ2) is 8.89. The smallest absolute Gasteiger partial charge is 0 e. The van der Waals surface area contributed by atoms with Gasteiger partial charge in [-0.1, -0.05) is 5.88 Å². The van der Waals surface area contributed by atoms with Crippen molar-refractivity contribution in [1.29, 1.82) is 0 Å². The molecule has 0 aliphatic carbocycles. The Hall–Kier alpha value is 1.01. The molecular formula is C2H2ClOU-. The number of halogens is 1. The molecule has 0 spiro atoms. The molecule has 0 saturated heterocycles. The van der Waals surface area contributed by atoms with Gasteiger partial charge in [0.25, 0.3) is 0 Å². The van der Waals surface area contributed by atoms with Crippen LogP contribution in [0.15, 0.2) is 0 Å². The van der Waals surface area contributed by atoms with Gasteiger partial charge in [0, 0.05) is 31.1 Å². The molecule has 0 rings (SSSR count). The van der Waals surface area contributed by atoms with Crippen LogP contribution in [0, 0.1) is 31.1 Å². The quantitative estimate of drug-likeness (QED) is 0.504. The predicted molar refractivity (Wildman–Crippen MR) is 16.4 cm³/mol. The van der Waals surface area contributed by atoms with Crippen LogP contribution in [0.5, 0.6) is 0 Å². The molecule has 0 saturated carbocycles. The van der Waals surface area contributed by atoms with E-state index in [0.29, 0.717) is 0 Å². The molecule has 1 nitrogen and oxygen atoms in total. The summed E-state index contributed by atoms with van der Waals surface area (Å²) in [5.41, 5.74) is 0. The summed E-state index contributed by atoms with van der Waals surface area (Å²) in [6.07, 6.45) is 1.45. The number of alkyl halides is 1. The van der Waals surface area contributed by atoms with Gasteiger partial charge in [0.2, 0.25) is 0 Å². The number of rotatable bonds is 1. The van der Waals surface area contributed by atoms with E-state index in [1.54, 1.807) is 0 Å². The van der Waals surface area contributed by atoms with Gasteiger partial charge in [0.05, 0.1) is 0 Å². The van der Waals surface area contributed by atoms with E-state index in [0.717, 1.165) is 0 Å². The Morgan fingerprint density at radius 2 is 2.00 bits per heavy atom. The first-order chi connectivity index (χ1) is 1.91. The van der Waals surface area contributed by atoms with Crippen molar-refractivity contribution in [2.45, 2.75) is 0 Å². The van der Waals surface area contributed by atoms with E-state index >= 15 is 0 Å². The Labute approximate surface area is 59.4 Å². The molecule has 0 atom stereocenters. The van der Waals surface area contributed by atoms with Gasteiger partial charge in [-0.05, 0) is 0 Å². The van der Waals surface area contributed by atoms with Crippen molar-refractivity contribution in [2.75, 3.05) is 5.88 Å². The summed E-state index contributed by atoms with van der Waals surface area (Å²) in [5.74, 6) is -0.0139. The van der Waals surface area contributed by atoms with Crippen LogP contribution in [0.25, 0.3) is 0 Å². The van der Waals surface area contributed by atoms with Crippen molar-refractivity contribution in [3.63, 3.8) is 0 Å². The van der Waals surface area contributed by atoms with E-state index in [-0.39, 0.29) is 37.0 Å². The van der Waals surface area contributed by atoms with Gasteiger partial charge in [0.15, 0.2) is 0 Å². The van der Waals surface area contributed by atoms with Crippen molar-refractivity contribution in [3.05, 3.63) is 0 Å². The number of carbonyl (C=O) groups excluding carboxylic acids is 1. The fourth-order valence-corrected chi connectivity index (χ4v) is 0. The first-order valence-electron chi connectivity index (χ1n) is 0.825. The Morgan fingerprint density at radius 1 is 1.80 bits per heavy atom. The van der Waals surface area contributed by atoms with Crippen LogP contribution in [0.2, 0.25) is 0 Å². The number of hydrogen-bond donors (Lipinski definition) is 0.